The number of fused-ring (bicyclic) bond motifs is 1. The molecule has 0 atom stereocenters. The molecule has 0 unspecified atom stereocenters. The molecule has 24 heavy (non-hydrogen) atoms. The molecule has 0 saturated heterocycles. The van der Waals surface area contributed by atoms with E-state index in [1.54, 1.807) is 32.4 Å². The molecule has 0 aliphatic heterocycles. The Kier molecular flexibility index (Phi) is 4.20. The number of nitrogen functional groups attached to an aromatic ring is 1. The topological polar surface area (TPSA) is 75.0 Å². The summed E-state index contributed by atoms with van der Waals surface area (Å²) in [6.07, 6.45) is 2.58. The van der Waals surface area contributed by atoms with Crippen LogP contribution in [0, 0.1) is 0 Å². The van der Waals surface area contributed by atoms with Crippen LogP contribution in [0.3, 0.4) is 0 Å². The lowest BCUT2D eigenvalue weighted by Crippen LogP contribution is -2.22. The molecular weight excluding hydrogens is 324 g/mol. The highest BCUT2D eigenvalue weighted by atomic mass is 35.5. The molecule has 3 aromatic rings. The summed E-state index contributed by atoms with van der Waals surface area (Å²) in [7, 11) is 3.41. The number of hydrogen-bond donors (Lipinski definition) is 2. The number of halogens is 1. The van der Waals surface area contributed by atoms with Crippen molar-refractivity contribution >= 4 is 34.2 Å². The molecule has 0 saturated carbocycles. The average molecular weight is 343 g/mol. The predicted octanol–water partition coefficient (Wildman–Crippen LogP) is 3.73. The molecule has 0 aliphatic rings. The molecule has 1 aromatic carbocycles. The van der Waals surface area contributed by atoms with Gasteiger partial charge in [-0.15, -0.1) is 0 Å². The maximum Gasteiger partial charge on any atom is 0.255 e. The fourth-order valence-corrected chi connectivity index (χ4v) is 3.08. The summed E-state index contributed by atoms with van der Waals surface area (Å²) >= 11 is 6.23. The summed E-state index contributed by atoms with van der Waals surface area (Å²) in [6.45, 7) is 2.05. The third-order valence-electron chi connectivity index (χ3n) is 4.08. The van der Waals surface area contributed by atoms with Crippen molar-refractivity contribution in [2.24, 2.45) is 0 Å². The van der Waals surface area contributed by atoms with E-state index in [0.29, 0.717) is 16.4 Å². The molecule has 2 heterocycles. The van der Waals surface area contributed by atoms with E-state index in [0.717, 1.165) is 34.1 Å². The van der Waals surface area contributed by atoms with Crippen LogP contribution in [0.15, 0.2) is 30.5 Å². The predicted molar refractivity (Wildman–Crippen MR) is 98.3 cm³/mol. The molecule has 3 rings (SSSR count). The van der Waals surface area contributed by atoms with Crippen molar-refractivity contribution in [3.05, 3.63) is 46.7 Å². The number of amides is 1. The first-order valence-corrected chi connectivity index (χ1v) is 8.07. The zero-order chi connectivity index (χ0) is 17.4. The van der Waals surface area contributed by atoms with E-state index < -0.39 is 0 Å². The van der Waals surface area contributed by atoms with Crippen LogP contribution in [0.2, 0.25) is 5.15 Å². The highest BCUT2D eigenvalue weighted by Gasteiger charge is 2.15. The summed E-state index contributed by atoms with van der Waals surface area (Å²) in [5, 5.41) is 1.62. The van der Waals surface area contributed by atoms with Crippen LogP contribution in [0.4, 0.5) is 5.69 Å². The van der Waals surface area contributed by atoms with Gasteiger partial charge < -0.3 is 15.6 Å². The van der Waals surface area contributed by atoms with Crippen LogP contribution in [0.25, 0.3) is 22.2 Å². The van der Waals surface area contributed by atoms with Crippen molar-refractivity contribution < 1.29 is 4.79 Å². The van der Waals surface area contributed by atoms with Gasteiger partial charge >= 0.3 is 0 Å². The number of H-pyrrole nitrogens is 1. The lowest BCUT2D eigenvalue weighted by atomic mass is 10.0. The number of aromatic amines is 1. The Morgan fingerprint density at radius 1 is 1.29 bits per heavy atom. The Labute approximate surface area is 145 Å². The Balaban J connectivity index is 2.13. The number of aromatic nitrogens is 2. The zero-order valence-electron chi connectivity index (χ0n) is 13.9. The summed E-state index contributed by atoms with van der Waals surface area (Å²) in [5.74, 6) is -0.123. The van der Waals surface area contributed by atoms with Crippen molar-refractivity contribution in [1.82, 2.24) is 14.9 Å². The molecule has 0 fully saturated rings. The molecule has 0 aliphatic carbocycles. The molecule has 2 aromatic heterocycles. The first kappa shape index (κ1) is 16.3. The van der Waals surface area contributed by atoms with Crippen LogP contribution in [-0.2, 0) is 6.42 Å². The van der Waals surface area contributed by atoms with Gasteiger partial charge in [0, 0.05) is 36.9 Å². The maximum absolute atomic E-state index is 12.3. The lowest BCUT2D eigenvalue weighted by Gasteiger charge is -2.13. The van der Waals surface area contributed by atoms with Gasteiger partial charge in [0.05, 0.1) is 5.56 Å². The number of carbonyl (C=O) groups excluding carboxylic acids is 1. The Bertz CT molecular complexity index is 930. The van der Waals surface area contributed by atoms with E-state index in [1.165, 1.54) is 4.90 Å². The Morgan fingerprint density at radius 3 is 2.71 bits per heavy atom. The molecule has 0 bridgehead atoms. The normalized spacial score (nSPS) is 11.0. The number of nitrogens with two attached hydrogens (primary N) is 1. The van der Waals surface area contributed by atoms with Gasteiger partial charge in [0.1, 0.15) is 10.8 Å². The number of nitrogens with zero attached hydrogens (tertiary/aromatic N) is 2. The average Bonchev–Trinajstić information content (AvgIpc) is 2.88. The van der Waals surface area contributed by atoms with E-state index in [1.807, 2.05) is 12.1 Å². The van der Waals surface area contributed by atoms with E-state index in [-0.39, 0.29) is 5.91 Å². The van der Waals surface area contributed by atoms with Gasteiger partial charge in [0.25, 0.3) is 5.91 Å². The molecule has 0 spiro atoms. The van der Waals surface area contributed by atoms with Gasteiger partial charge in [-0.25, -0.2) is 4.98 Å². The second kappa shape index (κ2) is 6.17. The Morgan fingerprint density at radius 2 is 2.04 bits per heavy atom. The van der Waals surface area contributed by atoms with Crippen molar-refractivity contribution in [3.8, 4) is 11.1 Å². The van der Waals surface area contributed by atoms with Crippen LogP contribution in [0.1, 0.15) is 22.8 Å². The minimum absolute atomic E-state index is 0.123. The fraction of sp³-hybridized carbons (Fsp3) is 0.222. The third kappa shape index (κ3) is 2.71. The van der Waals surface area contributed by atoms with Gasteiger partial charge in [-0.05, 0) is 35.7 Å². The molecule has 5 nitrogen and oxygen atoms in total. The van der Waals surface area contributed by atoms with E-state index in [9.17, 15) is 4.79 Å². The molecule has 1 amide bonds. The van der Waals surface area contributed by atoms with E-state index in [2.05, 4.69) is 16.9 Å². The van der Waals surface area contributed by atoms with Crippen molar-refractivity contribution in [1.29, 1.82) is 0 Å². The number of nitrogens with one attached hydrogen (secondary N) is 1. The molecule has 124 valence electrons. The minimum atomic E-state index is -0.123. The fourth-order valence-electron chi connectivity index (χ4n) is 2.76. The van der Waals surface area contributed by atoms with Gasteiger partial charge in [0.15, 0.2) is 0 Å². The molecular formula is C18H19ClN4O. The van der Waals surface area contributed by atoms with Gasteiger partial charge in [-0.1, -0.05) is 24.6 Å². The van der Waals surface area contributed by atoms with Gasteiger partial charge in [-0.3, -0.25) is 4.79 Å². The maximum atomic E-state index is 12.3. The summed E-state index contributed by atoms with van der Waals surface area (Å²) in [5.41, 5.74) is 10.5. The first-order valence-electron chi connectivity index (χ1n) is 7.70. The first-order chi connectivity index (χ1) is 11.4. The number of carbonyl (C=O) groups is 1. The quantitative estimate of drug-likeness (QED) is 0.712. The highest BCUT2D eigenvalue weighted by Crippen LogP contribution is 2.30. The third-order valence-corrected chi connectivity index (χ3v) is 4.41. The molecule has 6 heteroatoms. The summed E-state index contributed by atoms with van der Waals surface area (Å²) < 4.78 is 0. The van der Waals surface area contributed by atoms with Crippen LogP contribution >= 0.6 is 11.6 Å². The number of hydrogen-bond acceptors (Lipinski definition) is 3. The second-order valence-electron chi connectivity index (χ2n) is 5.89. The standard InChI is InChI=1S/C18H19ClN4O/c1-4-12-13-8-11(9-21-17(13)22-16(12)19)10-5-6-15(20)14(7-10)18(24)23(2)3/h5-9H,4,20H2,1-3H3,(H,21,22). The van der Waals surface area contributed by atoms with Crippen LogP contribution < -0.4 is 5.73 Å². The Hall–Kier alpha value is -2.53. The minimum Gasteiger partial charge on any atom is -0.398 e. The largest absolute Gasteiger partial charge is 0.398 e. The van der Waals surface area contributed by atoms with Crippen molar-refractivity contribution in [2.45, 2.75) is 13.3 Å². The van der Waals surface area contributed by atoms with E-state index in [4.69, 9.17) is 17.3 Å². The number of pyridine rings is 1. The summed E-state index contributed by atoms with van der Waals surface area (Å²) in [6, 6.07) is 7.49. The molecule has 3 N–H and O–H groups in total. The number of anilines is 1. The number of aryl methyl sites for hydroxylation is 1. The van der Waals surface area contributed by atoms with Crippen LogP contribution in [0.5, 0.6) is 0 Å². The number of rotatable bonds is 3. The van der Waals surface area contributed by atoms with Gasteiger partial charge in [-0.2, -0.15) is 0 Å². The smallest absolute Gasteiger partial charge is 0.255 e. The monoisotopic (exact) mass is 342 g/mol. The van der Waals surface area contributed by atoms with Crippen molar-refractivity contribution in [3.63, 3.8) is 0 Å². The van der Waals surface area contributed by atoms with Crippen molar-refractivity contribution in [2.75, 3.05) is 19.8 Å². The SMILES string of the molecule is CCc1c(Cl)[nH]c2ncc(-c3ccc(N)c(C(=O)N(C)C)c3)cc12. The second-order valence-corrected chi connectivity index (χ2v) is 6.27. The molecule has 0 radical (unpaired) electrons. The van der Waals surface area contributed by atoms with Gasteiger partial charge in [0.2, 0.25) is 0 Å². The highest BCUT2D eigenvalue weighted by molar-refractivity contribution is 6.31. The summed E-state index contributed by atoms with van der Waals surface area (Å²) in [4.78, 5) is 21.3. The number of benzene rings is 1. The van der Waals surface area contributed by atoms with E-state index >= 15 is 0 Å². The zero-order valence-corrected chi connectivity index (χ0v) is 14.6. The lowest BCUT2D eigenvalue weighted by molar-refractivity contribution is 0.0828. The van der Waals surface area contributed by atoms with Crippen LogP contribution in [-0.4, -0.2) is 34.9 Å².